The maximum absolute atomic E-state index is 5.92. The van der Waals surface area contributed by atoms with Crippen molar-refractivity contribution in [1.29, 1.82) is 0 Å². The van der Waals surface area contributed by atoms with Crippen molar-refractivity contribution < 1.29 is 18.6 Å². The summed E-state index contributed by atoms with van der Waals surface area (Å²) in [5.74, 6) is 3.19. The van der Waals surface area contributed by atoms with Gasteiger partial charge in [0, 0.05) is 10.8 Å². The van der Waals surface area contributed by atoms with Crippen LogP contribution in [0.5, 0.6) is 17.2 Å². The van der Waals surface area contributed by atoms with Crippen LogP contribution in [0.4, 0.5) is 0 Å². The Balaban J connectivity index is 1.28. The number of halogens is 1. The number of ether oxygens (including phenoxy) is 3. The predicted octanol–water partition coefficient (Wildman–Crippen LogP) is 4.41. The summed E-state index contributed by atoms with van der Waals surface area (Å²) in [6.07, 6.45) is -0.408. The van der Waals surface area contributed by atoms with Gasteiger partial charge in [0.15, 0.2) is 11.5 Å². The van der Waals surface area contributed by atoms with Gasteiger partial charge in [-0.15, -0.1) is 10.2 Å². The Kier molecular flexibility index (Phi) is 5.17. The molecule has 1 aliphatic rings. The van der Waals surface area contributed by atoms with Crippen molar-refractivity contribution >= 4 is 23.4 Å². The number of para-hydroxylation sites is 2. The molecule has 26 heavy (non-hydrogen) atoms. The largest absolute Gasteiger partial charge is 0.493 e. The second-order valence-electron chi connectivity index (χ2n) is 5.42. The molecule has 0 fully saturated rings. The molecule has 0 aliphatic carbocycles. The second kappa shape index (κ2) is 7.88. The van der Waals surface area contributed by atoms with Gasteiger partial charge in [0.2, 0.25) is 6.10 Å². The van der Waals surface area contributed by atoms with Gasteiger partial charge in [-0.3, -0.25) is 0 Å². The number of aromatic nitrogens is 2. The molecule has 1 atom stereocenters. The average Bonchev–Trinajstić information content (AvgIpc) is 3.14. The minimum absolute atomic E-state index is 0.335. The maximum atomic E-state index is 5.92. The number of fused-ring (bicyclic) bond motifs is 1. The van der Waals surface area contributed by atoms with Gasteiger partial charge in [0.05, 0.1) is 6.61 Å². The summed E-state index contributed by atoms with van der Waals surface area (Å²) >= 11 is 7.34. The first-order chi connectivity index (χ1) is 12.8. The van der Waals surface area contributed by atoms with Crippen molar-refractivity contribution in [3.63, 3.8) is 0 Å². The van der Waals surface area contributed by atoms with E-state index in [0.29, 0.717) is 40.9 Å². The van der Waals surface area contributed by atoms with E-state index in [2.05, 4.69) is 10.2 Å². The molecule has 0 radical (unpaired) electrons. The Bertz CT molecular complexity index is 889. The minimum Gasteiger partial charge on any atom is -0.493 e. The number of thioether (sulfide) groups is 1. The van der Waals surface area contributed by atoms with Crippen LogP contribution in [0.3, 0.4) is 0 Å². The zero-order valence-corrected chi connectivity index (χ0v) is 15.2. The number of hydrogen-bond acceptors (Lipinski definition) is 7. The van der Waals surface area contributed by atoms with E-state index in [1.165, 1.54) is 11.8 Å². The van der Waals surface area contributed by atoms with E-state index in [1.54, 1.807) is 12.1 Å². The molecule has 0 N–H and O–H groups in total. The van der Waals surface area contributed by atoms with E-state index in [4.69, 9.17) is 30.2 Å². The SMILES string of the molecule is Clc1cccc(OCCSc2nnc(C3COc4ccccc4O3)o2)c1. The monoisotopic (exact) mass is 390 g/mol. The quantitative estimate of drug-likeness (QED) is 0.456. The lowest BCUT2D eigenvalue weighted by molar-refractivity contribution is 0.0686. The Labute approximate surface area is 159 Å². The molecule has 0 spiro atoms. The Morgan fingerprint density at radius 3 is 2.88 bits per heavy atom. The van der Waals surface area contributed by atoms with Crippen LogP contribution in [-0.4, -0.2) is 29.2 Å². The highest BCUT2D eigenvalue weighted by Crippen LogP contribution is 2.35. The van der Waals surface area contributed by atoms with Crippen molar-refractivity contribution in [2.24, 2.45) is 0 Å². The van der Waals surface area contributed by atoms with E-state index in [-0.39, 0.29) is 0 Å². The van der Waals surface area contributed by atoms with Crippen molar-refractivity contribution in [2.45, 2.75) is 11.3 Å². The summed E-state index contributed by atoms with van der Waals surface area (Å²) in [6.45, 7) is 0.834. The molecule has 0 saturated carbocycles. The summed E-state index contributed by atoms with van der Waals surface area (Å²) in [5, 5.41) is 9.22. The lowest BCUT2D eigenvalue weighted by atomic mass is 10.2. The smallest absolute Gasteiger partial charge is 0.276 e. The highest BCUT2D eigenvalue weighted by molar-refractivity contribution is 7.99. The maximum Gasteiger partial charge on any atom is 0.276 e. The molecule has 1 aliphatic heterocycles. The van der Waals surface area contributed by atoms with E-state index >= 15 is 0 Å². The predicted molar refractivity (Wildman–Crippen MR) is 97.3 cm³/mol. The molecule has 0 bridgehead atoms. The molecule has 2 aromatic carbocycles. The third kappa shape index (κ3) is 4.05. The molecule has 4 rings (SSSR count). The zero-order chi connectivity index (χ0) is 17.8. The van der Waals surface area contributed by atoms with E-state index in [9.17, 15) is 0 Å². The molecule has 3 aromatic rings. The van der Waals surface area contributed by atoms with Gasteiger partial charge >= 0.3 is 0 Å². The van der Waals surface area contributed by atoms with Crippen LogP contribution in [-0.2, 0) is 0 Å². The van der Waals surface area contributed by atoms with Crippen molar-refractivity contribution in [1.82, 2.24) is 10.2 Å². The van der Waals surface area contributed by atoms with Crippen LogP contribution in [0.25, 0.3) is 0 Å². The standard InChI is InChI=1S/C18H15ClN2O4S/c19-12-4-3-5-13(10-12)22-8-9-26-18-21-20-17(25-18)16-11-23-14-6-1-2-7-15(14)24-16/h1-7,10,16H,8-9,11H2. The number of rotatable bonds is 6. The summed E-state index contributed by atoms with van der Waals surface area (Å²) in [7, 11) is 0. The van der Waals surface area contributed by atoms with Crippen LogP contribution in [0.15, 0.2) is 58.2 Å². The van der Waals surface area contributed by atoms with Gasteiger partial charge in [0.25, 0.3) is 11.1 Å². The molecule has 8 heteroatoms. The molecule has 1 aromatic heterocycles. The summed E-state index contributed by atoms with van der Waals surface area (Å²) in [5.41, 5.74) is 0. The molecule has 1 unspecified atom stereocenters. The molecular weight excluding hydrogens is 376 g/mol. The number of benzene rings is 2. The molecule has 6 nitrogen and oxygen atoms in total. The molecule has 0 amide bonds. The van der Waals surface area contributed by atoms with Crippen molar-refractivity contribution in [3.8, 4) is 17.2 Å². The van der Waals surface area contributed by atoms with Gasteiger partial charge in [-0.1, -0.05) is 41.6 Å². The topological polar surface area (TPSA) is 66.6 Å². The zero-order valence-electron chi connectivity index (χ0n) is 13.6. The first-order valence-corrected chi connectivity index (χ1v) is 9.37. The van der Waals surface area contributed by atoms with Gasteiger partial charge < -0.3 is 18.6 Å². The summed E-state index contributed by atoms with van der Waals surface area (Å²) in [4.78, 5) is 0. The average molecular weight is 391 g/mol. The third-order valence-electron chi connectivity index (χ3n) is 3.58. The van der Waals surface area contributed by atoms with Crippen LogP contribution in [0, 0.1) is 0 Å². The number of hydrogen-bond donors (Lipinski definition) is 0. The van der Waals surface area contributed by atoms with Gasteiger partial charge in [-0.25, -0.2) is 0 Å². The molecule has 134 valence electrons. The van der Waals surface area contributed by atoms with Crippen LogP contribution >= 0.6 is 23.4 Å². The lowest BCUT2D eigenvalue weighted by Gasteiger charge is -2.23. The molecule has 0 saturated heterocycles. The van der Waals surface area contributed by atoms with Gasteiger partial charge in [0.1, 0.15) is 12.4 Å². The lowest BCUT2D eigenvalue weighted by Crippen LogP contribution is -2.21. The van der Waals surface area contributed by atoms with E-state index in [1.807, 2.05) is 36.4 Å². The minimum atomic E-state index is -0.408. The third-order valence-corrected chi connectivity index (χ3v) is 4.60. The van der Waals surface area contributed by atoms with Crippen molar-refractivity contribution in [2.75, 3.05) is 19.0 Å². The Morgan fingerprint density at radius 1 is 1.12 bits per heavy atom. The fourth-order valence-corrected chi connectivity index (χ4v) is 3.16. The second-order valence-corrected chi connectivity index (χ2v) is 6.91. The summed E-state index contributed by atoms with van der Waals surface area (Å²) < 4.78 is 22.8. The van der Waals surface area contributed by atoms with E-state index in [0.717, 1.165) is 11.5 Å². The Morgan fingerprint density at radius 2 is 2.00 bits per heavy atom. The fraction of sp³-hybridized carbons (Fsp3) is 0.222. The highest BCUT2D eigenvalue weighted by Gasteiger charge is 2.27. The van der Waals surface area contributed by atoms with Crippen LogP contribution in [0.1, 0.15) is 12.0 Å². The van der Waals surface area contributed by atoms with Gasteiger partial charge in [-0.2, -0.15) is 0 Å². The first kappa shape index (κ1) is 17.1. The number of nitrogens with zero attached hydrogens (tertiary/aromatic N) is 2. The van der Waals surface area contributed by atoms with E-state index < -0.39 is 6.10 Å². The Hall–Kier alpha value is -2.38. The normalized spacial score (nSPS) is 15.7. The molecular formula is C18H15ClN2O4S. The first-order valence-electron chi connectivity index (χ1n) is 8.01. The van der Waals surface area contributed by atoms with Crippen LogP contribution < -0.4 is 14.2 Å². The molecule has 2 heterocycles. The fourth-order valence-electron chi connectivity index (χ4n) is 2.40. The van der Waals surface area contributed by atoms with Crippen molar-refractivity contribution in [3.05, 3.63) is 59.4 Å². The van der Waals surface area contributed by atoms with Gasteiger partial charge in [-0.05, 0) is 30.3 Å². The highest BCUT2D eigenvalue weighted by atomic mass is 35.5. The summed E-state index contributed by atoms with van der Waals surface area (Å²) in [6, 6.07) is 14.8. The van der Waals surface area contributed by atoms with Crippen LogP contribution in [0.2, 0.25) is 5.02 Å².